The zero-order valence-electron chi connectivity index (χ0n) is 13.1. The molecule has 0 aliphatic carbocycles. The molecule has 0 saturated heterocycles. The highest BCUT2D eigenvalue weighted by molar-refractivity contribution is 6.30. The van der Waals surface area contributed by atoms with E-state index in [0.29, 0.717) is 5.39 Å². The Morgan fingerprint density at radius 3 is 2.73 bits per heavy atom. The van der Waals surface area contributed by atoms with Crippen molar-refractivity contribution < 1.29 is 23.1 Å². The van der Waals surface area contributed by atoms with E-state index in [1.807, 2.05) is 0 Å². The normalized spacial score (nSPS) is 10.5. The summed E-state index contributed by atoms with van der Waals surface area (Å²) in [4.78, 5) is 35.7. The molecule has 3 rings (SSSR count). The Hall–Kier alpha value is -3.19. The number of halogens is 2. The Labute approximate surface area is 151 Å². The molecule has 0 fully saturated rings. The van der Waals surface area contributed by atoms with E-state index < -0.39 is 29.7 Å². The first-order valence-corrected chi connectivity index (χ1v) is 7.77. The molecule has 0 aliphatic heterocycles. The first-order valence-electron chi connectivity index (χ1n) is 7.39. The highest BCUT2D eigenvalue weighted by Crippen LogP contribution is 2.19. The number of fused-ring (bicyclic) bond motifs is 1. The molecule has 6 nitrogen and oxygen atoms in total. The summed E-state index contributed by atoms with van der Waals surface area (Å²) in [5, 5.41) is 2.78. The Morgan fingerprint density at radius 2 is 1.92 bits per heavy atom. The van der Waals surface area contributed by atoms with Gasteiger partial charge in [-0.3, -0.25) is 9.59 Å². The molecule has 1 aromatic heterocycles. The van der Waals surface area contributed by atoms with E-state index in [1.54, 1.807) is 18.2 Å². The van der Waals surface area contributed by atoms with Crippen molar-refractivity contribution in [3.05, 3.63) is 75.4 Å². The number of anilines is 1. The number of nitrogens with one attached hydrogen (secondary N) is 1. The number of para-hydroxylation sites is 1. The molecule has 0 spiro atoms. The average molecular weight is 376 g/mol. The van der Waals surface area contributed by atoms with Gasteiger partial charge in [-0.1, -0.05) is 23.7 Å². The Morgan fingerprint density at radius 1 is 1.15 bits per heavy atom. The summed E-state index contributed by atoms with van der Waals surface area (Å²) < 4.78 is 23.7. The van der Waals surface area contributed by atoms with Crippen LogP contribution in [-0.4, -0.2) is 18.5 Å². The lowest BCUT2D eigenvalue weighted by Crippen LogP contribution is -2.22. The topological polar surface area (TPSA) is 85.6 Å². The number of carbonyl (C=O) groups excluding carboxylic acids is 2. The van der Waals surface area contributed by atoms with E-state index in [4.69, 9.17) is 20.8 Å². The molecule has 0 unspecified atom stereocenters. The van der Waals surface area contributed by atoms with Gasteiger partial charge in [0.15, 0.2) is 12.0 Å². The number of carbonyl (C=O) groups is 2. The van der Waals surface area contributed by atoms with Gasteiger partial charge >= 0.3 is 5.97 Å². The monoisotopic (exact) mass is 375 g/mol. The second-order valence-corrected chi connectivity index (χ2v) is 5.66. The molecular weight excluding hydrogens is 365 g/mol. The van der Waals surface area contributed by atoms with Crippen LogP contribution in [0.5, 0.6) is 0 Å². The summed E-state index contributed by atoms with van der Waals surface area (Å²) in [6.07, 6.45) is 0. The lowest BCUT2D eigenvalue weighted by Gasteiger charge is -2.08. The first kappa shape index (κ1) is 17.6. The van der Waals surface area contributed by atoms with Gasteiger partial charge in [0.25, 0.3) is 5.91 Å². The summed E-state index contributed by atoms with van der Waals surface area (Å²) in [6.45, 7) is -0.693. The zero-order chi connectivity index (χ0) is 18.7. The molecule has 8 heteroatoms. The fourth-order valence-electron chi connectivity index (χ4n) is 2.19. The largest absolute Gasteiger partial charge is 0.450 e. The predicted molar refractivity (Wildman–Crippen MR) is 92.8 cm³/mol. The number of ether oxygens (including phenoxy) is 1. The summed E-state index contributed by atoms with van der Waals surface area (Å²) in [6, 6.07) is 11.0. The average Bonchev–Trinajstić information content (AvgIpc) is 2.62. The third-order valence-electron chi connectivity index (χ3n) is 3.37. The summed E-state index contributed by atoms with van der Waals surface area (Å²) >= 11 is 5.73. The van der Waals surface area contributed by atoms with Crippen LogP contribution < -0.4 is 10.7 Å². The number of esters is 1. The number of rotatable bonds is 4. The van der Waals surface area contributed by atoms with Crippen LogP contribution in [-0.2, 0) is 9.53 Å². The molecule has 0 saturated carbocycles. The van der Waals surface area contributed by atoms with Crippen molar-refractivity contribution in [3.63, 3.8) is 0 Å². The van der Waals surface area contributed by atoms with E-state index in [2.05, 4.69) is 5.32 Å². The summed E-state index contributed by atoms with van der Waals surface area (Å²) in [5.41, 5.74) is -0.336. The van der Waals surface area contributed by atoms with E-state index in [9.17, 15) is 18.8 Å². The van der Waals surface area contributed by atoms with Crippen molar-refractivity contribution in [2.45, 2.75) is 0 Å². The minimum absolute atomic E-state index is 0.143. The Balaban J connectivity index is 1.68. The van der Waals surface area contributed by atoms with E-state index in [1.165, 1.54) is 18.2 Å². The number of amides is 1. The lowest BCUT2D eigenvalue weighted by molar-refractivity contribution is -0.119. The van der Waals surface area contributed by atoms with Gasteiger partial charge in [-0.25, -0.2) is 9.18 Å². The second-order valence-electron chi connectivity index (χ2n) is 5.22. The fraction of sp³-hybridized carbons (Fsp3) is 0.0556. The molecule has 26 heavy (non-hydrogen) atoms. The zero-order valence-corrected chi connectivity index (χ0v) is 13.9. The van der Waals surface area contributed by atoms with Crippen LogP contribution in [0.4, 0.5) is 10.1 Å². The van der Waals surface area contributed by atoms with E-state index >= 15 is 0 Å². The van der Waals surface area contributed by atoms with E-state index in [-0.39, 0.29) is 22.1 Å². The molecule has 1 N–H and O–H groups in total. The number of hydrogen-bond donors (Lipinski definition) is 1. The van der Waals surface area contributed by atoms with Crippen LogP contribution in [0.1, 0.15) is 10.6 Å². The minimum atomic E-state index is -0.991. The Kier molecular flexibility index (Phi) is 4.99. The van der Waals surface area contributed by atoms with Gasteiger partial charge in [-0.2, -0.15) is 0 Å². The molecule has 1 amide bonds. The molecule has 1 heterocycles. The molecule has 2 aromatic carbocycles. The highest BCUT2D eigenvalue weighted by atomic mass is 35.5. The molecule has 3 aromatic rings. The van der Waals surface area contributed by atoms with E-state index in [0.717, 1.165) is 12.1 Å². The van der Waals surface area contributed by atoms with Gasteiger partial charge in [0.2, 0.25) is 5.76 Å². The third kappa shape index (κ3) is 3.89. The predicted octanol–water partition coefficient (Wildman–Crippen LogP) is 3.38. The standard InChI is InChI=1S/C18H11ClFNO5/c19-10-5-6-12(20)13(7-10)21-17(23)9-25-18(24)16-8-14(22)11-3-1-2-4-15(11)26-16/h1-8H,9H2,(H,21,23). The van der Waals surface area contributed by atoms with Crippen molar-refractivity contribution >= 4 is 40.1 Å². The van der Waals surface area contributed by atoms with Crippen molar-refractivity contribution in [1.29, 1.82) is 0 Å². The highest BCUT2D eigenvalue weighted by Gasteiger charge is 2.16. The van der Waals surface area contributed by atoms with Crippen LogP contribution in [0, 0.1) is 5.82 Å². The van der Waals surface area contributed by atoms with Gasteiger partial charge in [0.05, 0.1) is 11.1 Å². The maximum absolute atomic E-state index is 13.6. The maximum atomic E-state index is 13.6. The van der Waals surface area contributed by atoms with Gasteiger partial charge in [-0.05, 0) is 30.3 Å². The quantitative estimate of drug-likeness (QED) is 0.706. The van der Waals surface area contributed by atoms with Crippen LogP contribution in [0.3, 0.4) is 0 Å². The third-order valence-corrected chi connectivity index (χ3v) is 3.61. The van der Waals surface area contributed by atoms with Crippen molar-refractivity contribution in [2.75, 3.05) is 11.9 Å². The van der Waals surface area contributed by atoms with Crippen molar-refractivity contribution in [2.24, 2.45) is 0 Å². The maximum Gasteiger partial charge on any atom is 0.374 e. The number of hydrogen-bond acceptors (Lipinski definition) is 5. The van der Waals surface area contributed by atoms with Crippen LogP contribution in [0.2, 0.25) is 5.02 Å². The fourth-order valence-corrected chi connectivity index (χ4v) is 2.36. The van der Waals surface area contributed by atoms with Gasteiger partial charge in [0, 0.05) is 11.1 Å². The molecule has 0 radical (unpaired) electrons. The smallest absolute Gasteiger partial charge is 0.374 e. The second kappa shape index (κ2) is 7.37. The molecule has 0 bridgehead atoms. The summed E-state index contributed by atoms with van der Waals surface area (Å²) in [7, 11) is 0. The Bertz CT molecular complexity index is 1060. The summed E-state index contributed by atoms with van der Waals surface area (Å²) in [5.74, 6) is -2.79. The van der Waals surface area contributed by atoms with Gasteiger partial charge in [0.1, 0.15) is 11.4 Å². The number of benzene rings is 2. The molecule has 0 atom stereocenters. The molecular formula is C18H11ClFNO5. The van der Waals surface area contributed by atoms with Gasteiger partial charge in [-0.15, -0.1) is 0 Å². The molecule has 132 valence electrons. The first-order chi connectivity index (χ1) is 12.4. The van der Waals surface area contributed by atoms with Gasteiger partial charge < -0.3 is 14.5 Å². The molecule has 0 aliphatic rings. The van der Waals surface area contributed by atoms with Crippen molar-refractivity contribution in [1.82, 2.24) is 0 Å². The van der Waals surface area contributed by atoms with Crippen LogP contribution >= 0.6 is 11.6 Å². The van der Waals surface area contributed by atoms with Crippen LogP contribution in [0.25, 0.3) is 11.0 Å². The van der Waals surface area contributed by atoms with Crippen LogP contribution in [0.15, 0.2) is 57.7 Å². The lowest BCUT2D eigenvalue weighted by atomic mass is 10.2. The van der Waals surface area contributed by atoms with Crippen molar-refractivity contribution in [3.8, 4) is 0 Å². The minimum Gasteiger partial charge on any atom is -0.450 e. The SMILES string of the molecule is O=C(COC(=O)c1cc(=O)c2ccccc2o1)Nc1cc(Cl)ccc1F.